The first-order valence-corrected chi connectivity index (χ1v) is 5.24. The quantitative estimate of drug-likeness (QED) is 0.262. The Morgan fingerprint density at radius 2 is 2.14 bits per heavy atom. The van der Waals surface area contributed by atoms with E-state index in [1.54, 1.807) is 4.90 Å². The molecule has 0 spiro atoms. The van der Waals surface area contributed by atoms with Gasteiger partial charge < -0.3 is 21.2 Å². The van der Waals surface area contributed by atoms with Crippen molar-refractivity contribution in [2.75, 3.05) is 32.1 Å². The normalized spacial score (nSPS) is 18.3. The second-order valence-corrected chi connectivity index (χ2v) is 3.74. The van der Waals surface area contributed by atoms with Crippen LogP contribution in [-0.4, -0.2) is 48.0 Å². The van der Waals surface area contributed by atoms with E-state index in [2.05, 4.69) is 5.10 Å². The molecular weight excluding hydrogens is 204 g/mol. The van der Waals surface area contributed by atoms with Crippen LogP contribution in [0.3, 0.4) is 0 Å². The Balaban J connectivity index is 2.26. The molecule has 80 valence electrons. The number of nitrogens with two attached hydrogens (primary N) is 2. The van der Waals surface area contributed by atoms with E-state index in [0.717, 1.165) is 11.8 Å². The highest BCUT2D eigenvalue weighted by Crippen LogP contribution is 2.04. The SMILES string of the molecule is NN=C(N)SCC(=O)N1CCOCC1. The monoisotopic (exact) mass is 218 g/mol. The molecule has 0 unspecified atom stereocenters. The predicted molar refractivity (Wildman–Crippen MR) is 55.7 cm³/mol. The molecule has 0 aromatic rings. The van der Waals surface area contributed by atoms with Crippen molar-refractivity contribution in [3.8, 4) is 0 Å². The molecule has 14 heavy (non-hydrogen) atoms. The highest BCUT2D eigenvalue weighted by molar-refractivity contribution is 8.14. The van der Waals surface area contributed by atoms with Crippen LogP contribution < -0.4 is 11.6 Å². The molecule has 4 N–H and O–H groups in total. The van der Waals surface area contributed by atoms with Gasteiger partial charge in [0.25, 0.3) is 0 Å². The summed E-state index contributed by atoms with van der Waals surface area (Å²) in [6.45, 7) is 2.52. The number of hydrogen-bond acceptors (Lipinski definition) is 5. The van der Waals surface area contributed by atoms with Gasteiger partial charge in [-0.2, -0.15) is 5.10 Å². The molecule has 7 heteroatoms. The van der Waals surface area contributed by atoms with Crippen LogP contribution in [-0.2, 0) is 9.53 Å². The number of rotatable bonds is 2. The largest absolute Gasteiger partial charge is 0.378 e. The number of amides is 1. The van der Waals surface area contributed by atoms with Crippen LogP contribution in [0.15, 0.2) is 5.10 Å². The van der Waals surface area contributed by atoms with Gasteiger partial charge in [-0.3, -0.25) is 4.79 Å². The number of carbonyl (C=O) groups is 1. The number of amidine groups is 1. The lowest BCUT2D eigenvalue weighted by molar-refractivity contribution is -0.132. The fourth-order valence-corrected chi connectivity index (χ4v) is 1.61. The Kier molecular flexibility index (Phi) is 4.54. The maximum atomic E-state index is 11.5. The van der Waals surface area contributed by atoms with E-state index in [4.69, 9.17) is 16.3 Å². The molecule has 0 radical (unpaired) electrons. The lowest BCUT2D eigenvalue weighted by Crippen LogP contribution is -2.41. The van der Waals surface area contributed by atoms with E-state index >= 15 is 0 Å². The first-order valence-electron chi connectivity index (χ1n) is 4.25. The molecule has 6 nitrogen and oxygen atoms in total. The van der Waals surface area contributed by atoms with Crippen molar-refractivity contribution in [2.45, 2.75) is 0 Å². The molecule has 1 fully saturated rings. The Morgan fingerprint density at radius 1 is 1.50 bits per heavy atom. The first-order chi connectivity index (χ1) is 6.74. The average Bonchev–Trinajstić information content (AvgIpc) is 2.26. The van der Waals surface area contributed by atoms with E-state index < -0.39 is 0 Å². The van der Waals surface area contributed by atoms with Gasteiger partial charge in [0.2, 0.25) is 5.91 Å². The number of nitrogens with zero attached hydrogens (tertiary/aromatic N) is 2. The van der Waals surface area contributed by atoms with E-state index in [-0.39, 0.29) is 16.8 Å². The molecule has 1 amide bonds. The van der Waals surface area contributed by atoms with E-state index in [0.29, 0.717) is 26.3 Å². The minimum absolute atomic E-state index is 0.0462. The van der Waals surface area contributed by atoms with Crippen molar-refractivity contribution in [2.24, 2.45) is 16.7 Å². The Labute approximate surface area is 86.6 Å². The zero-order valence-electron chi connectivity index (χ0n) is 7.81. The van der Waals surface area contributed by atoms with E-state index in [9.17, 15) is 4.79 Å². The lowest BCUT2D eigenvalue weighted by atomic mass is 10.4. The van der Waals surface area contributed by atoms with Gasteiger partial charge in [0, 0.05) is 13.1 Å². The van der Waals surface area contributed by atoms with Gasteiger partial charge in [-0.1, -0.05) is 11.8 Å². The van der Waals surface area contributed by atoms with Gasteiger partial charge >= 0.3 is 0 Å². The fraction of sp³-hybridized carbons (Fsp3) is 0.714. The summed E-state index contributed by atoms with van der Waals surface area (Å²) >= 11 is 1.15. The van der Waals surface area contributed by atoms with Gasteiger partial charge in [0.1, 0.15) is 0 Å². The summed E-state index contributed by atoms with van der Waals surface area (Å²) in [5.41, 5.74) is 5.34. The highest BCUT2D eigenvalue weighted by Gasteiger charge is 2.16. The molecular formula is C7H14N4O2S. The van der Waals surface area contributed by atoms with Crippen molar-refractivity contribution in [3.63, 3.8) is 0 Å². The molecule has 0 atom stereocenters. The highest BCUT2D eigenvalue weighted by atomic mass is 32.2. The molecule has 1 rings (SSSR count). The third kappa shape index (κ3) is 3.43. The maximum Gasteiger partial charge on any atom is 0.233 e. The van der Waals surface area contributed by atoms with Crippen molar-refractivity contribution < 1.29 is 9.53 Å². The van der Waals surface area contributed by atoms with Crippen LogP contribution >= 0.6 is 11.8 Å². The topological polar surface area (TPSA) is 93.9 Å². The summed E-state index contributed by atoms with van der Waals surface area (Å²) in [5, 5.41) is 3.50. The molecule has 0 aromatic heterocycles. The minimum atomic E-state index is 0.0462. The third-order valence-electron chi connectivity index (χ3n) is 1.83. The van der Waals surface area contributed by atoms with Crippen LogP contribution in [0.25, 0.3) is 0 Å². The number of thioether (sulfide) groups is 1. The summed E-state index contributed by atoms with van der Waals surface area (Å²) in [4.78, 5) is 13.3. The number of ether oxygens (including phenoxy) is 1. The van der Waals surface area contributed by atoms with Gasteiger partial charge in [-0.25, -0.2) is 0 Å². The van der Waals surface area contributed by atoms with Crippen LogP contribution in [0, 0.1) is 0 Å². The Morgan fingerprint density at radius 3 is 2.71 bits per heavy atom. The van der Waals surface area contributed by atoms with Crippen LogP contribution in [0.1, 0.15) is 0 Å². The summed E-state index contributed by atoms with van der Waals surface area (Å²) in [7, 11) is 0. The van der Waals surface area contributed by atoms with Gasteiger partial charge in [-0.05, 0) is 0 Å². The molecule has 0 bridgehead atoms. The smallest absolute Gasteiger partial charge is 0.233 e. The molecule has 1 aliphatic rings. The fourth-order valence-electron chi connectivity index (χ4n) is 1.08. The Hall–Kier alpha value is -0.950. The van der Waals surface area contributed by atoms with Crippen molar-refractivity contribution in [3.05, 3.63) is 0 Å². The number of hydrogen-bond donors (Lipinski definition) is 2. The number of carbonyl (C=O) groups excluding carboxylic acids is 1. The van der Waals surface area contributed by atoms with E-state index in [1.807, 2.05) is 0 Å². The average molecular weight is 218 g/mol. The standard InChI is InChI=1S/C7H14N4O2S/c8-7(10-9)14-5-6(12)11-1-3-13-4-2-11/h1-5,9H2,(H2,8,10). The minimum Gasteiger partial charge on any atom is -0.378 e. The molecule has 1 aliphatic heterocycles. The number of morpholine rings is 1. The zero-order chi connectivity index (χ0) is 10.4. The van der Waals surface area contributed by atoms with Crippen molar-refractivity contribution >= 4 is 22.8 Å². The van der Waals surface area contributed by atoms with Gasteiger partial charge in [0.15, 0.2) is 5.17 Å². The molecule has 1 heterocycles. The summed E-state index contributed by atoms with van der Waals surface area (Å²) < 4.78 is 5.13. The third-order valence-corrected chi connectivity index (χ3v) is 2.63. The molecule has 0 aromatic carbocycles. The second-order valence-electron chi connectivity index (χ2n) is 2.75. The lowest BCUT2D eigenvalue weighted by Gasteiger charge is -2.26. The molecule has 0 aliphatic carbocycles. The van der Waals surface area contributed by atoms with Crippen LogP contribution in [0.5, 0.6) is 0 Å². The zero-order valence-corrected chi connectivity index (χ0v) is 8.63. The van der Waals surface area contributed by atoms with Gasteiger partial charge in [-0.15, -0.1) is 0 Å². The predicted octanol–water partition coefficient (Wildman–Crippen LogP) is -1.23. The molecule has 0 saturated carbocycles. The number of hydrazone groups is 1. The Bertz CT molecular complexity index is 228. The summed E-state index contributed by atoms with van der Waals surface area (Å²) in [5.74, 6) is 5.26. The maximum absolute atomic E-state index is 11.5. The molecule has 1 saturated heterocycles. The van der Waals surface area contributed by atoms with Crippen molar-refractivity contribution in [1.29, 1.82) is 0 Å². The first kappa shape index (κ1) is 11.1. The van der Waals surface area contributed by atoms with E-state index in [1.165, 1.54) is 0 Å². The second kappa shape index (κ2) is 5.71. The summed E-state index contributed by atoms with van der Waals surface area (Å²) in [6.07, 6.45) is 0. The van der Waals surface area contributed by atoms with Crippen LogP contribution in [0.4, 0.5) is 0 Å². The van der Waals surface area contributed by atoms with Crippen LogP contribution in [0.2, 0.25) is 0 Å². The summed E-state index contributed by atoms with van der Waals surface area (Å²) in [6, 6.07) is 0. The van der Waals surface area contributed by atoms with Gasteiger partial charge in [0.05, 0.1) is 19.0 Å². The van der Waals surface area contributed by atoms with Crippen molar-refractivity contribution in [1.82, 2.24) is 4.90 Å².